The van der Waals surface area contributed by atoms with Crippen LogP contribution < -0.4 is 10.1 Å². The van der Waals surface area contributed by atoms with Crippen LogP contribution in [-0.4, -0.2) is 22.9 Å². The molecule has 104 valence electrons. The molecule has 0 saturated carbocycles. The summed E-state index contributed by atoms with van der Waals surface area (Å²) in [4.78, 5) is 0. The van der Waals surface area contributed by atoms with E-state index in [1.807, 2.05) is 47.3 Å². The van der Waals surface area contributed by atoms with E-state index < -0.39 is 0 Å². The number of nitrogens with zero attached hydrogens (tertiary/aromatic N) is 3. The lowest BCUT2D eigenvalue weighted by Crippen LogP contribution is -2.16. The van der Waals surface area contributed by atoms with E-state index in [1.54, 1.807) is 6.20 Å². The van der Waals surface area contributed by atoms with Gasteiger partial charge in [-0.2, -0.15) is 10.4 Å². The van der Waals surface area contributed by atoms with Gasteiger partial charge in [0, 0.05) is 25.5 Å². The molecule has 0 aliphatic rings. The number of hydrogen-bond acceptors (Lipinski definition) is 4. The van der Waals surface area contributed by atoms with Crippen molar-refractivity contribution >= 4 is 0 Å². The highest BCUT2D eigenvalue weighted by molar-refractivity contribution is 5.27. The maximum atomic E-state index is 8.43. The normalized spacial score (nSPS) is 10.2. The number of hydrogen-bond donors (Lipinski definition) is 1. The first-order valence-electron chi connectivity index (χ1n) is 6.65. The Balaban J connectivity index is 1.62. The summed E-state index contributed by atoms with van der Waals surface area (Å²) in [6, 6.07) is 11.7. The Morgan fingerprint density at radius 2 is 2.15 bits per heavy atom. The van der Waals surface area contributed by atoms with Crippen LogP contribution in [0.2, 0.25) is 0 Å². The van der Waals surface area contributed by atoms with E-state index >= 15 is 0 Å². The lowest BCUT2D eigenvalue weighted by Gasteiger charge is -2.06. The fourth-order valence-corrected chi connectivity index (χ4v) is 1.85. The van der Waals surface area contributed by atoms with E-state index in [2.05, 4.69) is 10.4 Å². The predicted octanol–water partition coefficient (Wildman–Crippen LogP) is 1.97. The number of rotatable bonds is 8. The molecule has 0 aliphatic carbocycles. The Bertz CT molecular complexity index is 528. The van der Waals surface area contributed by atoms with Crippen molar-refractivity contribution in [3.63, 3.8) is 0 Å². The van der Waals surface area contributed by atoms with Gasteiger partial charge in [-0.15, -0.1) is 0 Å². The van der Waals surface area contributed by atoms with Gasteiger partial charge in [0.05, 0.1) is 0 Å². The Kier molecular flexibility index (Phi) is 5.62. The predicted molar refractivity (Wildman–Crippen MR) is 76.1 cm³/mol. The van der Waals surface area contributed by atoms with E-state index in [0.29, 0.717) is 0 Å². The van der Waals surface area contributed by atoms with Gasteiger partial charge in [0.25, 0.3) is 0 Å². The van der Waals surface area contributed by atoms with Crippen molar-refractivity contribution in [1.82, 2.24) is 15.1 Å². The maximum absolute atomic E-state index is 8.43. The molecule has 5 heteroatoms. The maximum Gasteiger partial charge on any atom is 0.174 e. The van der Waals surface area contributed by atoms with Crippen molar-refractivity contribution < 1.29 is 4.74 Å². The van der Waals surface area contributed by atoms with Crippen molar-refractivity contribution in [2.45, 2.75) is 19.5 Å². The van der Waals surface area contributed by atoms with Crippen molar-refractivity contribution in [3.8, 4) is 11.8 Å². The Morgan fingerprint density at radius 1 is 1.30 bits per heavy atom. The monoisotopic (exact) mass is 270 g/mol. The average Bonchev–Trinajstić information content (AvgIpc) is 2.99. The van der Waals surface area contributed by atoms with Gasteiger partial charge in [0.1, 0.15) is 11.8 Å². The molecule has 1 heterocycles. The van der Waals surface area contributed by atoms with Gasteiger partial charge in [-0.3, -0.25) is 4.68 Å². The summed E-state index contributed by atoms with van der Waals surface area (Å²) >= 11 is 0. The third-order valence-corrected chi connectivity index (χ3v) is 2.86. The first-order valence-corrected chi connectivity index (χ1v) is 6.65. The van der Waals surface area contributed by atoms with Crippen LogP contribution in [-0.2, 0) is 13.1 Å². The molecule has 20 heavy (non-hydrogen) atoms. The molecule has 1 aromatic carbocycles. The van der Waals surface area contributed by atoms with E-state index in [1.165, 1.54) is 5.56 Å². The van der Waals surface area contributed by atoms with E-state index in [4.69, 9.17) is 10.00 Å². The van der Waals surface area contributed by atoms with Gasteiger partial charge in [0.2, 0.25) is 0 Å². The lowest BCUT2D eigenvalue weighted by molar-refractivity contribution is 0.368. The van der Waals surface area contributed by atoms with Gasteiger partial charge in [-0.05, 0) is 36.7 Å². The minimum absolute atomic E-state index is 0.0883. The molecule has 0 spiro atoms. The highest BCUT2D eigenvalue weighted by atomic mass is 16.5. The topological polar surface area (TPSA) is 62.9 Å². The molecule has 0 aliphatic heterocycles. The Labute approximate surface area is 118 Å². The smallest absolute Gasteiger partial charge is 0.174 e. The summed E-state index contributed by atoms with van der Waals surface area (Å²) in [5.41, 5.74) is 1.20. The Morgan fingerprint density at radius 3 is 2.85 bits per heavy atom. The number of benzene rings is 1. The van der Waals surface area contributed by atoms with Gasteiger partial charge in [-0.25, -0.2) is 0 Å². The third kappa shape index (κ3) is 4.75. The fraction of sp³-hybridized carbons (Fsp3) is 0.333. The molecule has 0 atom stereocenters. The molecule has 1 N–H and O–H groups in total. The summed E-state index contributed by atoms with van der Waals surface area (Å²) in [5.74, 6) is 0.731. The minimum Gasteiger partial charge on any atom is -0.479 e. The second kappa shape index (κ2) is 7.97. The van der Waals surface area contributed by atoms with Gasteiger partial charge in [0.15, 0.2) is 6.61 Å². The molecule has 0 bridgehead atoms. The molecule has 2 aromatic rings. The van der Waals surface area contributed by atoms with Crippen molar-refractivity contribution in [3.05, 3.63) is 48.3 Å². The van der Waals surface area contributed by atoms with E-state index in [-0.39, 0.29) is 6.61 Å². The van der Waals surface area contributed by atoms with Crippen LogP contribution in [0, 0.1) is 11.3 Å². The number of ether oxygens (including phenoxy) is 1. The van der Waals surface area contributed by atoms with Crippen molar-refractivity contribution in [1.29, 1.82) is 5.26 Å². The average molecular weight is 270 g/mol. The Hall–Kier alpha value is -2.32. The molecule has 2 rings (SSSR count). The highest BCUT2D eigenvalue weighted by Gasteiger charge is 1.96. The summed E-state index contributed by atoms with van der Waals surface area (Å²) in [7, 11) is 0. The fourth-order valence-electron chi connectivity index (χ4n) is 1.85. The minimum atomic E-state index is 0.0883. The molecule has 0 saturated heterocycles. The van der Waals surface area contributed by atoms with Gasteiger partial charge < -0.3 is 10.1 Å². The summed E-state index contributed by atoms with van der Waals surface area (Å²) in [6.07, 6.45) is 4.81. The quantitative estimate of drug-likeness (QED) is 0.745. The van der Waals surface area contributed by atoms with Crippen LogP contribution in [0.25, 0.3) is 0 Å². The van der Waals surface area contributed by atoms with Gasteiger partial charge in [-0.1, -0.05) is 12.1 Å². The van der Waals surface area contributed by atoms with Crippen LogP contribution in [0.3, 0.4) is 0 Å². The molecule has 0 radical (unpaired) electrons. The first-order chi connectivity index (χ1) is 9.88. The third-order valence-electron chi connectivity index (χ3n) is 2.86. The second-order valence-corrected chi connectivity index (χ2v) is 4.39. The number of aromatic nitrogens is 2. The SMILES string of the molecule is N#CCOc1ccc(CNCCCn2cccn2)cc1. The lowest BCUT2D eigenvalue weighted by atomic mass is 10.2. The summed E-state index contributed by atoms with van der Waals surface area (Å²) in [6.45, 7) is 2.80. The molecule has 0 unspecified atom stereocenters. The molecular weight excluding hydrogens is 252 g/mol. The molecule has 1 aromatic heterocycles. The zero-order valence-corrected chi connectivity index (χ0v) is 11.3. The van der Waals surface area contributed by atoms with E-state index in [9.17, 15) is 0 Å². The summed E-state index contributed by atoms with van der Waals surface area (Å²) in [5, 5.41) is 16.0. The van der Waals surface area contributed by atoms with Crippen LogP contribution >= 0.6 is 0 Å². The first kappa shape index (κ1) is 14.1. The highest BCUT2D eigenvalue weighted by Crippen LogP contribution is 2.11. The number of nitriles is 1. The van der Waals surface area contributed by atoms with Crippen LogP contribution in [0.15, 0.2) is 42.7 Å². The molecule has 5 nitrogen and oxygen atoms in total. The van der Waals surface area contributed by atoms with E-state index in [0.717, 1.165) is 31.8 Å². The van der Waals surface area contributed by atoms with Gasteiger partial charge >= 0.3 is 0 Å². The van der Waals surface area contributed by atoms with Crippen LogP contribution in [0.5, 0.6) is 5.75 Å². The molecule has 0 amide bonds. The van der Waals surface area contributed by atoms with Crippen LogP contribution in [0.4, 0.5) is 0 Å². The number of nitrogens with one attached hydrogen (secondary N) is 1. The number of aryl methyl sites for hydroxylation is 1. The zero-order valence-electron chi connectivity index (χ0n) is 11.3. The molecular formula is C15H18N4O. The summed E-state index contributed by atoms with van der Waals surface area (Å²) < 4.78 is 7.14. The molecule has 0 fully saturated rings. The van der Waals surface area contributed by atoms with Crippen molar-refractivity contribution in [2.24, 2.45) is 0 Å². The van der Waals surface area contributed by atoms with Crippen LogP contribution in [0.1, 0.15) is 12.0 Å². The second-order valence-electron chi connectivity index (χ2n) is 4.39. The standard InChI is InChI=1S/C15H18N4O/c16-7-12-20-15-5-3-14(4-6-15)13-17-8-1-10-19-11-2-9-18-19/h2-6,9,11,17H,1,8,10,12-13H2. The zero-order chi connectivity index (χ0) is 14.0. The largest absolute Gasteiger partial charge is 0.479 e. The van der Waals surface area contributed by atoms with Crippen molar-refractivity contribution in [2.75, 3.05) is 13.2 Å².